The molecule has 0 aliphatic rings. The van der Waals surface area contributed by atoms with Crippen molar-refractivity contribution in [2.24, 2.45) is 0 Å². The molecule has 0 aliphatic heterocycles. The second kappa shape index (κ2) is 4.91. The molecule has 0 fully saturated rings. The molecule has 0 saturated carbocycles. The Hall–Kier alpha value is -1.96. The van der Waals surface area contributed by atoms with E-state index in [4.69, 9.17) is 9.47 Å². The van der Waals surface area contributed by atoms with Gasteiger partial charge in [0.05, 0.1) is 7.11 Å². The summed E-state index contributed by atoms with van der Waals surface area (Å²) < 4.78 is 11.1. The van der Waals surface area contributed by atoms with E-state index in [1.165, 1.54) is 5.56 Å². The molecule has 0 aromatic heterocycles. The SMILES string of the molecule is COc1ccccc1Oc1cccc(C)c1C. The summed E-state index contributed by atoms with van der Waals surface area (Å²) in [6, 6.07) is 13.7. The highest BCUT2D eigenvalue weighted by Crippen LogP contribution is 2.33. The van der Waals surface area contributed by atoms with Crippen LogP contribution in [0.15, 0.2) is 42.5 Å². The minimum atomic E-state index is 0.740. The molecule has 88 valence electrons. The van der Waals surface area contributed by atoms with E-state index >= 15 is 0 Å². The second-order valence-electron chi connectivity index (χ2n) is 3.95. The summed E-state index contributed by atoms with van der Waals surface area (Å²) in [4.78, 5) is 0. The van der Waals surface area contributed by atoms with E-state index in [1.807, 2.05) is 36.4 Å². The van der Waals surface area contributed by atoms with Crippen LogP contribution in [0.3, 0.4) is 0 Å². The third-order valence-corrected chi connectivity index (χ3v) is 2.84. The Kier molecular flexibility index (Phi) is 3.33. The van der Waals surface area contributed by atoms with Crippen LogP contribution in [-0.2, 0) is 0 Å². The number of aryl methyl sites for hydroxylation is 1. The van der Waals surface area contributed by atoms with Crippen molar-refractivity contribution in [3.05, 3.63) is 53.6 Å². The molecule has 0 aliphatic carbocycles. The average molecular weight is 228 g/mol. The van der Waals surface area contributed by atoms with Gasteiger partial charge in [-0.25, -0.2) is 0 Å². The standard InChI is InChI=1S/C15H16O2/c1-11-7-6-10-13(12(11)2)17-15-9-5-4-8-14(15)16-3/h4-10H,1-3H3. The largest absolute Gasteiger partial charge is 0.493 e. The number of benzene rings is 2. The summed E-state index contributed by atoms with van der Waals surface area (Å²) in [5.74, 6) is 2.35. The van der Waals surface area contributed by atoms with E-state index in [1.54, 1.807) is 7.11 Å². The molecule has 0 amide bonds. The number of hydrogen-bond donors (Lipinski definition) is 0. The highest BCUT2D eigenvalue weighted by atomic mass is 16.5. The Morgan fingerprint density at radius 3 is 2.12 bits per heavy atom. The summed E-state index contributed by atoms with van der Waals surface area (Å²) in [7, 11) is 1.64. The molecule has 2 aromatic rings. The Morgan fingerprint density at radius 1 is 0.765 bits per heavy atom. The molecule has 0 spiro atoms. The zero-order chi connectivity index (χ0) is 12.3. The lowest BCUT2D eigenvalue weighted by molar-refractivity contribution is 0.378. The van der Waals surface area contributed by atoms with Gasteiger partial charge >= 0.3 is 0 Å². The minimum absolute atomic E-state index is 0.740. The zero-order valence-electron chi connectivity index (χ0n) is 10.4. The summed E-state index contributed by atoms with van der Waals surface area (Å²) in [6.07, 6.45) is 0. The normalized spacial score (nSPS) is 10.1. The predicted octanol–water partition coefficient (Wildman–Crippen LogP) is 4.10. The lowest BCUT2D eigenvalue weighted by atomic mass is 10.1. The van der Waals surface area contributed by atoms with Gasteiger partial charge in [-0.1, -0.05) is 24.3 Å². The van der Waals surface area contributed by atoms with Crippen molar-refractivity contribution in [1.29, 1.82) is 0 Å². The monoisotopic (exact) mass is 228 g/mol. The van der Waals surface area contributed by atoms with E-state index in [0.717, 1.165) is 22.8 Å². The second-order valence-corrected chi connectivity index (χ2v) is 3.95. The Bertz CT molecular complexity index is 518. The number of para-hydroxylation sites is 2. The summed E-state index contributed by atoms with van der Waals surface area (Å²) in [6.45, 7) is 4.13. The average Bonchev–Trinajstić information content (AvgIpc) is 2.35. The first-order valence-electron chi connectivity index (χ1n) is 5.59. The molecule has 17 heavy (non-hydrogen) atoms. The Balaban J connectivity index is 2.35. The van der Waals surface area contributed by atoms with Gasteiger partial charge < -0.3 is 9.47 Å². The smallest absolute Gasteiger partial charge is 0.169 e. The van der Waals surface area contributed by atoms with Gasteiger partial charge in [0.1, 0.15) is 5.75 Å². The lowest BCUT2D eigenvalue weighted by Gasteiger charge is -2.12. The zero-order valence-corrected chi connectivity index (χ0v) is 10.4. The van der Waals surface area contributed by atoms with E-state index in [-0.39, 0.29) is 0 Å². The number of hydrogen-bond acceptors (Lipinski definition) is 2. The maximum atomic E-state index is 5.89. The quantitative estimate of drug-likeness (QED) is 0.787. The van der Waals surface area contributed by atoms with Crippen molar-refractivity contribution in [1.82, 2.24) is 0 Å². The van der Waals surface area contributed by atoms with Crippen LogP contribution in [0, 0.1) is 13.8 Å². The molecular weight excluding hydrogens is 212 g/mol. The van der Waals surface area contributed by atoms with Gasteiger partial charge in [-0.05, 0) is 43.2 Å². The van der Waals surface area contributed by atoms with Crippen LogP contribution in [0.2, 0.25) is 0 Å². The first-order valence-corrected chi connectivity index (χ1v) is 5.59. The van der Waals surface area contributed by atoms with Gasteiger partial charge in [-0.15, -0.1) is 0 Å². The molecule has 2 aromatic carbocycles. The first kappa shape index (κ1) is 11.5. The number of methoxy groups -OCH3 is 1. The molecule has 0 unspecified atom stereocenters. The van der Waals surface area contributed by atoms with Crippen molar-refractivity contribution >= 4 is 0 Å². The molecule has 0 saturated heterocycles. The third kappa shape index (κ3) is 2.41. The van der Waals surface area contributed by atoms with Crippen molar-refractivity contribution in [2.75, 3.05) is 7.11 Å². The van der Waals surface area contributed by atoms with Crippen LogP contribution in [0.4, 0.5) is 0 Å². The van der Waals surface area contributed by atoms with Crippen LogP contribution in [0.25, 0.3) is 0 Å². The van der Waals surface area contributed by atoms with Gasteiger partial charge in [0.2, 0.25) is 0 Å². The molecule has 2 rings (SSSR count). The fourth-order valence-corrected chi connectivity index (χ4v) is 1.66. The lowest BCUT2D eigenvalue weighted by Crippen LogP contribution is -1.92. The summed E-state index contributed by atoms with van der Waals surface area (Å²) in [5.41, 5.74) is 2.37. The van der Waals surface area contributed by atoms with Crippen LogP contribution in [0.1, 0.15) is 11.1 Å². The van der Waals surface area contributed by atoms with E-state index in [9.17, 15) is 0 Å². The molecule has 2 nitrogen and oxygen atoms in total. The van der Waals surface area contributed by atoms with Gasteiger partial charge in [-0.3, -0.25) is 0 Å². The Labute approximate surface area is 102 Å². The minimum Gasteiger partial charge on any atom is -0.493 e. The van der Waals surface area contributed by atoms with Crippen LogP contribution in [-0.4, -0.2) is 7.11 Å². The van der Waals surface area contributed by atoms with Crippen molar-refractivity contribution in [2.45, 2.75) is 13.8 Å². The highest BCUT2D eigenvalue weighted by molar-refractivity contribution is 5.46. The van der Waals surface area contributed by atoms with Crippen LogP contribution < -0.4 is 9.47 Å². The van der Waals surface area contributed by atoms with Crippen molar-refractivity contribution in [3.63, 3.8) is 0 Å². The van der Waals surface area contributed by atoms with Gasteiger partial charge in [0.25, 0.3) is 0 Å². The third-order valence-electron chi connectivity index (χ3n) is 2.84. The van der Waals surface area contributed by atoms with Crippen LogP contribution in [0.5, 0.6) is 17.2 Å². The molecule has 0 bridgehead atoms. The summed E-state index contributed by atoms with van der Waals surface area (Å²) >= 11 is 0. The molecule has 0 N–H and O–H groups in total. The highest BCUT2D eigenvalue weighted by Gasteiger charge is 2.07. The van der Waals surface area contributed by atoms with Gasteiger partial charge in [0.15, 0.2) is 11.5 Å². The van der Waals surface area contributed by atoms with Crippen LogP contribution >= 0.6 is 0 Å². The summed E-state index contributed by atoms with van der Waals surface area (Å²) in [5, 5.41) is 0. The molecule has 0 atom stereocenters. The van der Waals surface area contributed by atoms with E-state index in [2.05, 4.69) is 19.9 Å². The number of ether oxygens (including phenoxy) is 2. The molecule has 2 heteroatoms. The molecular formula is C15H16O2. The first-order chi connectivity index (χ1) is 8.22. The molecule has 0 heterocycles. The maximum absolute atomic E-state index is 5.89. The van der Waals surface area contributed by atoms with Crippen molar-refractivity contribution in [3.8, 4) is 17.2 Å². The maximum Gasteiger partial charge on any atom is 0.169 e. The van der Waals surface area contributed by atoms with E-state index < -0.39 is 0 Å². The fraction of sp³-hybridized carbons (Fsp3) is 0.200. The molecule has 0 radical (unpaired) electrons. The number of rotatable bonds is 3. The van der Waals surface area contributed by atoms with Gasteiger partial charge in [0, 0.05) is 0 Å². The fourth-order valence-electron chi connectivity index (χ4n) is 1.66. The topological polar surface area (TPSA) is 18.5 Å². The van der Waals surface area contributed by atoms with Gasteiger partial charge in [-0.2, -0.15) is 0 Å². The van der Waals surface area contributed by atoms with Crippen molar-refractivity contribution < 1.29 is 9.47 Å². The Morgan fingerprint density at radius 2 is 1.41 bits per heavy atom. The predicted molar refractivity (Wildman–Crippen MR) is 69.0 cm³/mol. The van der Waals surface area contributed by atoms with E-state index in [0.29, 0.717) is 0 Å².